The minimum absolute atomic E-state index is 0.0287. The monoisotopic (exact) mass is 307 g/mol. The lowest BCUT2D eigenvalue weighted by Crippen LogP contribution is -2.47. The van der Waals surface area contributed by atoms with Crippen LogP contribution in [0.2, 0.25) is 0 Å². The average Bonchev–Trinajstić information content (AvgIpc) is 3.10. The highest BCUT2D eigenvalue weighted by Gasteiger charge is 2.44. The summed E-state index contributed by atoms with van der Waals surface area (Å²) in [6.45, 7) is 3.21. The lowest BCUT2D eigenvalue weighted by atomic mass is 10.0. The predicted octanol–water partition coefficient (Wildman–Crippen LogP) is 0.633. The number of carbonyl (C=O) groups excluding carboxylic acids is 1. The lowest BCUT2D eigenvalue weighted by Gasteiger charge is -2.32. The average molecular weight is 307 g/mol. The highest BCUT2D eigenvalue weighted by molar-refractivity contribution is 5.93. The maximum absolute atomic E-state index is 12.4. The predicted molar refractivity (Wildman–Crippen MR) is 82.9 cm³/mol. The second-order valence-electron chi connectivity index (χ2n) is 6.12. The summed E-state index contributed by atoms with van der Waals surface area (Å²) < 4.78 is 13.0. The first-order valence-electron chi connectivity index (χ1n) is 7.97. The van der Waals surface area contributed by atoms with E-state index in [-0.39, 0.29) is 18.1 Å². The molecule has 0 bridgehead atoms. The first-order valence-corrected chi connectivity index (χ1v) is 7.97. The van der Waals surface area contributed by atoms with E-state index in [2.05, 4.69) is 10.2 Å². The van der Waals surface area contributed by atoms with Crippen molar-refractivity contribution >= 4 is 5.91 Å². The Kier molecular flexibility index (Phi) is 4.81. The molecule has 1 aromatic heterocycles. The lowest BCUT2D eigenvalue weighted by molar-refractivity contribution is -0.0225. The zero-order valence-electron chi connectivity index (χ0n) is 13.3. The van der Waals surface area contributed by atoms with Crippen molar-refractivity contribution in [2.45, 2.75) is 31.0 Å². The summed E-state index contributed by atoms with van der Waals surface area (Å²) in [6, 6.07) is 4.16. The van der Waals surface area contributed by atoms with Crippen molar-refractivity contribution in [2.24, 2.45) is 7.05 Å². The van der Waals surface area contributed by atoms with E-state index in [9.17, 15) is 4.79 Å². The van der Waals surface area contributed by atoms with Gasteiger partial charge >= 0.3 is 0 Å². The van der Waals surface area contributed by atoms with Crippen LogP contribution < -0.4 is 5.32 Å². The van der Waals surface area contributed by atoms with E-state index in [0.717, 1.165) is 32.5 Å². The number of ether oxygens (including phenoxy) is 2. The molecule has 1 amide bonds. The molecule has 6 nitrogen and oxygen atoms in total. The quantitative estimate of drug-likeness (QED) is 0.867. The van der Waals surface area contributed by atoms with Crippen molar-refractivity contribution < 1.29 is 14.3 Å². The number of rotatable bonds is 5. The highest BCUT2D eigenvalue weighted by atomic mass is 16.5. The van der Waals surface area contributed by atoms with Gasteiger partial charge in [-0.15, -0.1) is 0 Å². The van der Waals surface area contributed by atoms with Crippen molar-refractivity contribution in [3.8, 4) is 0 Å². The molecule has 0 aromatic carbocycles. The Morgan fingerprint density at radius 1 is 1.55 bits per heavy atom. The van der Waals surface area contributed by atoms with E-state index in [0.29, 0.717) is 18.3 Å². The van der Waals surface area contributed by atoms with Crippen LogP contribution >= 0.6 is 0 Å². The Hall–Kier alpha value is -1.37. The third-order valence-electron chi connectivity index (χ3n) is 4.71. The third kappa shape index (κ3) is 3.04. The molecule has 2 fully saturated rings. The van der Waals surface area contributed by atoms with E-state index in [1.807, 2.05) is 29.9 Å². The molecule has 122 valence electrons. The Labute approximate surface area is 131 Å². The van der Waals surface area contributed by atoms with Gasteiger partial charge < -0.3 is 19.4 Å². The number of fused-ring (bicyclic) bond motifs is 1. The molecule has 3 heterocycles. The minimum atomic E-state index is -0.0287. The van der Waals surface area contributed by atoms with Crippen LogP contribution in [0, 0.1) is 0 Å². The van der Waals surface area contributed by atoms with Gasteiger partial charge in [0, 0.05) is 46.1 Å². The number of amides is 1. The van der Waals surface area contributed by atoms with Gasteiger partial charge in [0.1, 0.15) is 5.69 Å². The summed E-state index contributed by atoms with van der Waals surface area (Å²) in [5.74, 6) is -0.0287. The Morgan fingerprint density at radius 2 is 2.41 bits per heavy atom. The number of hydrogen-bond donors (Lipinski definition) is 1. The van der Waals surface area contributed by atoms with Crippen LogP contribution in [0.3, 0.4) is 0 Å². The number of aromatic nitrogens is 1. The van der Waals surface area contributed by atoms with Crippen LogP contribution in [0.1, 0.15) is 23.3 Å². The van der Waals surface area contributed by atoms with Crippen molar-refractivity contribution in [3.05, 3.63) is 24.0 Å². The van der Waals surface area contributed by atoms with Crippen molar-refractivity contribution in [3.63, 3.8) is 0 Å². The second-order valence-corrected chi connectivity index (χ2v) is 6.12. The van der Waals surface area contributed by atoms with Crippen molar-refractivity contribution in [2.75, 3.05) is 33.4 Å². The summed E-state index contributed by atoms with van der Waals surface area (Å²) in [6.07, 6.45) is 4.19. The number of hydrogen-bond acceptors (Lipinski definition) is 4. The molecule has 2 aliphatic heterocycles. The second kappa shape index (κ2) is 6.81. The van der Waals surface area contributed by atoms with Crippen LogP contribution in [0.15, 0.2) is 18.3 Å². The summed E-state index contributed by atoms with van der Waals surface area (Å²) in [5, 5.41) is 3.16. The van der Waals surface area contributed by atoms with Gasteiger partial charge in [0.15, 0.2) is 0 Å². The first-order chi connectivity index (χ1) is 10.7. The molecule has 1 N–H and O–H groups in total. The van der Waals surface area contributed by atoms with Crippen LogP contribution in [0.4, 0.5) is 0 Å². The van der Waals surface area contributed by atoms with Crippen molar-refractivity contribution in [1.29, 1.82) is 0 Å². The molecule has 22 heavy (non-hydrogen) atoms. The van der Waals surface area contributed by atoms with E-state index >= 15 is 0 Å². The number of methoxy groups -OCH3 is 1. The van der Waals surface area contributed by atoms with Gasteiger partial charge in [-0.1, -0.05) is 0 Å². The molecule has 0 unspecified atom stereocenters. The summed E-state index contributed by atoms with van der Waals surface area (Å²) in [7, 11) is 3.61. The van der Waals surface area contributed by atoms with Gasteiger partial charge in [-0.05, 0) is 25.0 Å². The van der Waals surface area contributed by atoms with Crippen LogP contribution in [-0.2, 0) is 16.5 Å². The van der Waals surface area contributed by atoms with Crippen LogP contribution in [0.25, 0.3) is 0 Å². The summed E-state index contributed by atoms with van der Waals surface area (Å²) >= 11 is 0. The Bertz CT molecular complexity index is 516. The van der Waals surface area contributed by atoms with Gasteiger partial charge in [0.25, 0.3) is 5.91 Å². The molecule has 2 aliphatic rings. The molecule has 6 heteroatoms. The SMILES string of the molecule is COCCN1C[C@@H](NC(=O)c2cccn2C)[C@H]2OCCC[C@H]21. The van der Waals surface area contributed by atoms with Gasteiger partial charge in [-0.2, -0.15) is 0 Å². The fourth-order valence-corrected chi connectivity index (χ4v) is 3.59. The minimum Gasteiger partial charge on any atom is -0.383 e. The van der Waals surface area contributed by atoms with E-state index in [1.54, 1.807) is 7.11 Å². The first kappa shape index (κ1) is 15.5. The fraction of sp³-hybridized carbons (Fsp3) is 0.688. The standard InChI is InChI=1S/C16H25N3O3/c1-18-7-3-5-14(18)16(20)17-12-11-19(8-10-21-2)13-6-4-9-22-15(12)13/h3,5,7,12-13,15H,4,6,8-11H2,1-2H3,(H,17,20)/t12-,13-,15-/m1/s1. The number of carbonyl (C=O) groups is 1. The van der Waals surface area contributed by atoms with Gasteiger partial charge in [-0.3, -0.25) is 9.69 Å². The normalized spacial score (nSPS) is 28.5. The number of nitrogens with zero attached hydrogens (tertiary/aromatic N) is 2. The van der Waals surface area contributed by atoms with Crippen LogP contribution in [-0.4, -0.2) is 67.0 Å². The fourth-order valence-electron chi connectivity index (χ4n) is 3.59. The Balaban J connectivity index is 1.67. The molecule has 0 saturated carbocycles. The van der Waals surface area contributed by atoms with Gasteiger partial charge in [0.2, 0.25) is 0 Å². The molecule has 3 rings (SSSR count). The molecule has 1 aromatic rings. The van der Waals surface area contributed by atoms with E-state index in [1.165, 1.54) is 0 Å². The van der Waals surface area contributed by atoms with Gasteiger partial charge in [-0.25, -0.2) is 0 Å². The smallest absolute Gasteiger partial charge is 0.268 e. The number of aryl methyl sites for hydroxylation is 1. The number of likely N-dealkylation sites (tertiary alicyclic amines) is 1. The molecule has 0 radical (unpaired) electrons. The number of nitrogens with one attached hydrogen (secondary N) is 1. The molecule has 0 spiro atoms. The topological polar surface area (TPSA) is 55.7 Å². The van der Waals surface area contributed by atoms with E-state index < -0.39 is 0 Å². The third-order valence-corrected chi connectivity index (χ3v) is 4.71. The molecule has 3 atom stereocenters. The summed E-state index contributed by atoms with van der Waals surface area (Å²) in [4.78, 5) is 14.8. The maximum atomic E-state index is 12.4. The zero-order chi connectivity index (χ0) is 15.5. The zero-order valence-corrected chi connectivity index (χ0v) is 13.3. The van der Waals surface area contributed by atoms with E-state index in [4.69, 9.17) is 9.47 Å². The molecular weight excluding hydrogens is 282 g/mol. The highest BCUT2D eigenvalue weighted by Crippen LogP contribution is 2.28. The molecule has 2 saturated heterocycles. The summed E-state index contributed by atoms with van der Waals surface area (Å²) in [5.41, 5.74) is 0.683. The van der Waals surface area contributed by atoms with Gasteiger partial charge in [0.05, 0.1) is 18.8 Å². The largest absolute Gasteiger partial charge is 0.383 e. The Morgan fingerprint density at radius 3 is 3.14 bits per heavy atom. The van der Waals surface area contributed by atoms with Crippen LogP contribution in [0.5, 0.6) is 0 Å². The van der Waals surface area contributed by atoms with Crippen molar-refractivity contribution in [1.82, 2.24) is 14.8 Å². The maximum Gasteiger partial charge on any atom is 0.268 e. The molecule has 0 aliphatic carbocycles. The molecular formula is C16H25N3O3.